The number of phenolic OH excluding ortho intramolecular Hbond substituents is 1. The third kappa shape index (κ3) is 2.82. The molecule has 4 nitrogen and oxygen atoms in total. The molecular weight excluding hydrogens is 367 g/mol. The number of aromatic amines is 1. The van der Waals surface area contributed by atoms with Gasteiger partial charge in [-0.3, -0.25) is 0 Å². The Hall–Kier alpha value is -1.27. The maximum absolute atomic E-state index is 9.52. The zero-order chi connectivity index (χ0) is 18.4. The molecule has 3 aromatic rings. The highest BCUT2D eigenvalue weighted by atomic mass is 35.5. The second-order valence-electron chi connectivity index (χ2n) is 4.26. The van der Waals surface area contributed by atoms with Crippen molar-refractivity contribution in [2.75, 3.05) is 6.18 Å². The van der Waals surface area contributed by atoms with E-state index < -0.39 is 6.18 Å². The highest BCUT2D eigenvalue weighted by molar-refractivity contribution is 7.98. The molecule has 0 bridgehead atoms. The van der Waals surface area contributed by atoms with Gasteiger partial charge in [0.05, 0.1) is 16.1 Å². The molecule has 2 N–H and O–H groups in total. The van der Waals surface area contributed by atoms with E-state index in [-0.39, 0.29) is 37.5 Å². The topological polar surface area (TPSA) is 58.1 Å². The molecule has 8 heteroatoms. The zero-order valence-corrected chi connectivity index (χ0v) is 13.7. The molecule has 0 aliphatic rings. The van der Waals surface area contributed by atoms with Gasteiger partial charge in [-0.2, -0.15) is 0 Å². The van der Waals surface area contributed by atoms with Crippen LogP contribution in [0.15, 0.2) is 29.4 Å². The molecule has 22 heavy (non-hydrogen) atoms. The Morgan fingerprint density at radius 2 is 2.05 bits per heavy atom. The van der Waals surface area contributed by atoms with Gasteiger partial charge in [0.25, 0.3) is 0 Å². The summed E-state index contributed by atoms with van der Waals surface area (Å²) in [6.45, 7) is 0. The van der Waals surface area contributed by atoms with Crippen LogP contribution in [-0.4, -0.2) is 21.3 Å². The molecule has 0 aliphatic heterocycles. The number of thioether (sulfide) groups is 1. The number of benzene rings is 2. The van der Waals surface area contributed by atoms with Crippen molar-refractivity contribution in [2.24, 2.45) is 0 Å². The number of nitrogens with one attached hydrogen (secondary N) is 1. The fourth-order valence-electron chi connectivity index (χ4n) is 1.83. The largest absolute Gasteiger partial charge is 0.506 e. The second kappa shape index (κ2) is 6.08. The van der Waals surface area contributed by atoms with Gasteiger partial charge in [-0.25, -0.2) is 4.98 Å². The average Bonchev–Trinajstić information content (AvgIpc) is 2.86. The lowest BCUT2D eigenvalue weighted by atomic mass is 10.3. The van der Waals surface area contributed by atoms with E-state index in [9.17, 15) is 5.11 Å². The van der Waals surface area contributed by atoms with Crippen molar-refractivity contribution < 1.29 is 14.0 Å². The number of imidazole rings is 1. The molecule has 0 spiro atoms. The molecule has 0 fully saturated rings. The van der Waals surface area contributed by atoms with E-state index in [1.807, 2.05) is 0 Å². The van der Waals surface area contributed by atoms with E-state index in [1.54, 1.807) is 12.1 Å². The molecule has 1 heterocycles. The first-order valence-electron chi connectivity index (χ1n) is 7.37. The minimum Gasteiger partial charge on any atom is -0.506 e. The third-order valence-corrected chi connectivity index (χ3v) is 4.39. The number of aromatic hydroxyl groups is 1. The van der Waals surface area contributed by atoms with Crippen LogP contribution in [0.4, 0.5) is 0 Å². The van der Waals surface area contributed by atoms with Crippen LogP contribution >= 0.6 is 46.6 Å². The Morgan fingerprint density at radius 1 is 1.23 bits per heavy atom. The fourth-order valence-corrected chi connectivity index (χ4v) is 2.69. The predicted octanol–water partition coefficient (Wildman–Crippen LogP) is 5.74. The van der Waals surface area contributed by atoms with Crippen molar-refractivity contribution in [3.63, 3.8) is 0 Å². The molecule has 0 amide bonds. The first-order chi connectivity index (χ1) is 11.6. The Morgan fingerprint density at radius 3 is 2.82 bits per heavy atom. The number of fused-ring (bicyclic) bond motifs is 1. The van der Waals surface area contributed by atoms with Gasteiger partial charge in [0.15, 0.2) is 5.16 Å². The summed E-state index contributed by atoms with van der Waals surface area (Å²) in [5.74, 6) is 0.298. The van der Waals surface area contributed by atoms with Gasteiger partial charge >= 0.3 is 0 Å². The molecule has 0 radical (unpaired) electrons. The number of hydrogen-bond donors (Lipinski definition) is 2. The smallest absolute Gasteiger partial charge is 0.166 e. The predicted molar refractivity (Wildman–Crippen MR) is 91.1 cm³/mol. The van der Waals surface area contributed by atoms with Crippen LogP contribution in [0.2, 0.25) is 15.1 Å². The molecule has 0 saturated heterocycles. The molecular formula is C14H9Cl3N2O2S. The van der Waals surface area contributed by atoms with Gasteiger partial charge in [0.1, 0.15) is 27.3 Å². The van der Waals surface area contributed by atoms with Crippen molar-refractivity contribution in [3.05, 3.63) is 39.3 Å². The maximum atomic E-state index is 9.52. The van der Waals surface area contributed by atoms with Gasteiger partial charge in [-0.1, -0.05) is 46.6 Å². The lowest BCUT2D eigenvalue weighted by molar-refractivity contribution is 0.465. The molecule has 0 aliphatic carbocycles. The van der Waals surface area contributed by atoms with Crippen molar-refractivity contribution in [1.29, 1.82) is 0 Å². The van der Waals surface area contributed by atoms with E-state index in [0.29, 0.717) is 22.8 Å². The summed E-state index contributed by atoms with van der Waals surface area (Å²) in [5, 5.41) is 10.0. The number of H-pyrrole nitrogens is 1. The van der Waals surface area contributed by atoms with E-state index in [1.165, 1.54) is 12.1 Å². The summed E-state index contributed by atoms with van der Waals surface area (Å²) in [4.78, 5) is 7.09. The fraction of sp³-hybridized carbons (Fsp3) is 0.0714. The Kier molecular flexibility index (Phi) is 3.37. The van der Waals surface area contributed by atoms with E-state index >= 15 is 0 Å². The summed E-state index contributed by atoms with van der Waals surface area (Å²) in [7, 11) is 0. The molecule has 3 rings (SSSR count). The van der Waals surface area contributed by atoms with E-state index in [4.69, 9.17) is 43.7 Å². The zero-order valence-electron chi connectivity index (χ0n) is 13.7. The third-order valence-electron chi connectivity index (χ3n) is 2.86. The Bertz CT molecular complexity index is 963. The van der Waals surface area contributed by atoms with Gasteiger partial charge in [0.2, 0.25) is 0 Å². The van der Waals surface area contributed by atoms with Crippen LogP contribution in [0.25, 0.3) is 11.0 Å². The first-order valence-corrected chi connectivity index (χ1v) is 7.82. The van der Waals surface area contributed by atoms with Crippen LogP contribution < -0.4 is 4.74 Å². The number of rotatable bonds is 3. The van der Waals surface area contributed by atoms with Crippen molar-refractivity contribution >= 4 is 57.6 Å². The molecule has 2 aromatic carbocycles. The van der Waals surface area contributed by atoms with Crippen LogP contribution in [0.3, 0.4) is 0 Å². The lowest BCUT2D eigenvalue weighted by Crippen LogP contribution is -1.88. The number of halogens is 3. The quantitative estimate of drug-likeness (QED) is 0.570. The summed E-state index contributed by atoms with van der Waals surface area (Å²) in [6, 6.07) is 5.91. The van der Waals surface area contributed by atoms with Gasteiger partial charge < -0.3 is 14.8 Å². The van der Waals surface area contributed by atoms with Gasteiger partial charge in [0, 0.05) is 10.2 Å². The molecule has 0 unspecified atom stereocenters. The molecule has 114 valence electrons. The minimum atomic E-state index is -2.21. The van der Waals surface area contributed by atoms with Crippen LogP contribution in [-0.2, 0) is 0 Å². The van der Waals surface area contributed by atoms with E-state index in [0.717, 1.165) is 0 Å². The van der Waals surface area contributed by atoms with Gasteiger partial charge in [-0.15, -0.1) is 0 Å². The van der Waals surface area contributed by atoms with Crippen LogP contribution in [0.5, 0.6) is 17.2 Å². The monoisotopic (exact) mass is 377 g/mol. The van der Waals surface area contributed by atoms with Crippen molar-refractivity contribution in [1.82, 2.24) is 9.97 Å². The number of hydrogen-bond acceptors (Lipinski definition) is 4. The summed E-state index contributed by atoms with van der Waals surface area (Å²) in [6.07, 6.45) is -2.21. The SMILES string of the molecule is [2H]C([2H])([2H])Sc1nc2cc(Oc3ccc(O)c(Cl)c3Cl)c(Cl)cc2[nH]1. The minimum absolute atomic E-state index is 0.0347. The number of ether oxygens (including phenoxy) is 1. The second-order valence-corrected chi connectivity index (χ2v) is 6.01. The highest BCUT2D eigenvalue weighted by Crippen LogP contribution is 2.41. The summed E-state index contributed by atoms with van der Waals surface area (Å²) in [5.41, 5.74) is 1.05. The van der Waals surface area contributed by atoms with Crippen LogP contribution in [0, 0.1) is 0 Å². The van der Waals surface area contributed by atoms with Crippen LogP contribution in [0.1, 0.15) is 4.11 Å². The maximum Gasteiger partial charge on any atom is 0.166 e. The molecule has 0 saturated carbocycles. The highest BCUT2D eigenvalue weighted by Gasteiger charge is 2.14. The summed E-state index contributed by atoms with van der Waals surface area (Å²) >= 11 is 18.8. The first kappa shape index (κ1) is 12.2. The van der Waals surface area contributed by atoms with Crippen molar-refractivity contribution in [2.45, 2.75) is 5.16 Å². The number of nitrogens with zero attached hydrogens (tertiary/aromatic N) is 1. The Labute approximate surface area is 149 Å². The number of aromatic nitrogens is 2. The van der Waals surface area contributed by atoms with Crippen molar-refractivity contribution in [3.8, 4) is 17.2 Å². The van der Waals surface area contributed by atoms with E-state index in [2.05, 4.69) is 9.97 Å². The molecule has 1 aromatic heterocycles. The molecule has 0 atom stereocenters. The average molecular weight is 379 g/mol. The standard InChI is InChI=1S/C14H9Cl3N2O2S/c1-22-14-18-7-4-6(15)11(5-8(7)19-14)21-10-3-2-9(20)12(16)13(10)17/h2-5,20H,1H3,(H,18,19)/i1D3. The lowest BCUT2D eigenvalue weighted by Gasteiger charge is -2.10. The number of phenols is 1. The normalized spacial score (nSPS) is 13.7. The summed E-state index contributed by atoms with van der Waals surface area (Å²) < 4.78 is 27.5. The Balaban J connectivity index is 1.97. The van der Waals surface area contributed by atoms with Gasteiger partial charge in [-0.05, 0) is 24.4 Å².